The maximum absolute atomic E-state index is 10.8. The smallest absolute Gasteiger partial charge is 0.338 e. The molecule has 1 heterocycles. The van der Waals surface area contributed by atoms with Gasteiger partial charge in [0.15, 0.2) is 0 Å². The molecular weight excluding hydrogens is 228 g/mol. The van der Waals surface area contributed by atoms with E-state index >= 15 is 0 Å². The van der Waals surface area contributed by atoms with Gasteiger partial charge in [-0.1, -0.05) is 24.4 Å². The molecule has 4 nitrogen and oxygen atoms in total. The van der Waals surface area contributed by atoms with Crippen LogP contribution in [0.4, 0.5) is 5.69 Å². The van der Waals surface area contributed by atoms with Crippen molar-refractivity contribution in [1.82, 2.24) is 4.98 Å². The van der Waals surface area contributed by atoms with Crippen LogP contribution in [0.2, 0.25) is 5.15 Å². The molecule has 2 rings (SSSR count). The molecule has 1 saturated carbocycles. The number of carboxylic acids is 1. The molecule has 3 N–H and O–H groups in total. The molecule has 0 unspecified atom stereocenters. The van der Waals surface area contributed by atoms with Gasteiger partial charge in [0.1, 0.15) is 5.15 Å². The summed E-state index contributed by atoms with van der Waals surface area (Å²) in [5.41, 5.74) is 6.99. The number of aromatic nitrogens is 1. The molecule has 0 aliphatic heterocycles. The molecule has 1 aromatic heterocycles. The normalized spacial score (nSPS) is 16.6. The van der Waals surface area contributed by atoms with Crippen LogP contribution in [-0.4, -0.2) is 16.1 Å². The summed E-state index contributed by atoms with van der Waals surface area (Å²) in [7, 11) is 0. The number of nitrogens with zero attached hydrogens (tertiary/aromatic N) is 1. The lowest BCUT2D eigenvalue weighted by Crippen LogP contribution is -2.07. The number of aromatic carboxylic acids is 1. The van der Waals surface area contributed by atoms with Gasteiger partial charge in [-0.2, -0.15) is 0 Å². The highest BCUT2D eigenvalue weighted by molar-refractivity contribution is 6.32. The van der Waals surface area contributed by atoms with Crippen molar-refractivity contribution < 1.29 is 9.90 Å². The Balaban J connectivity index is 2.40. The highest BCUT2D eigenvalue weighted by Gasteiger charge is 2.23. The average molecular weight is 241 g/mol. The molecule has 5 heteroatoms. The van der Waals surface area contributed by atoms with Crippen LogP contribution in [0.25, 0.3) is 0 Å². The molecule has 16 heavy (non-hydrogen) atoms. The Morgan fingerprint density at radius 2 is 2.12 bits per heavy atom. The minimum absolute atomic E-state index is 0.0269. The van der Waals surface area contributed by atoms with Crippen LogP contribution in [0.15, 0.2) is 6.07 Å². The predicted molar refractivity (Wildman–Crippen MR) is 61.8 cm³/mol. The van der Waals surface area contributed by atoms with Crippen molar-refractivity contribution in [3.8, 4) is 0 Å². The molecule has 1 fully saturated rings. The largest absolute Gasteiger partial charge is 0.478 e. The first-order chi connectivity index (χ1) is 7.59. The number of carbonyl (C=O) groups is 1. The number of hydrogen-bond acceptors (Lipinski definition) is 3. The fourth-order valence-electron chi connectivity index (χ4n) is 2.20. The highest BCUT2D eigenvalue weighted by Crippen LogP contribution is 2.36. The molecule has 1 aromatic rings. The zero-order chi connectivity index (χ0) is 11.7. The Bertz CT molecular complexity index is 428. The Kier molecular flexibility index (Phi) is 3.01. The van der Waals surface area contributed by atoms with Crippen LogP contribution in [0.5, 0.6) is 0 Å². The maximum Gasteiger partial charge on any atom is 0.338 e. The third-order valence-electron chi connectivity index (χ3n) is 3.01. The van der Waals surface area contributed by atoms with Gasteiger partial charge in [0.2, 0.25) is 0 Å². The summed E-state index contributed by atoms with van der Waals surface area (Å²) >= 11 is 5.83. The van der Waals surface area contributed by atoms with E-state index in [1.165, 1.54) is 18.9 Å². The summed E-state index contributed by atoms with van der Waals surface area (Å²) < 4.78 is 0. The van der Waals surface area contributed by atoms with Crippen LogP contribution in [-0.2, 0) is 0 Å². The zero-order valence-corrected chi connectivity index (χ0v) is 9.50. The Morgan fingerprint density at radius 3 is 2.69 bits per heavy atom. The third-order valence-corrected chi connectivity index (χ3v) is 3.30. The average Bonchev–Trinajstić information content (AvgIpc) is 2.73. The zero-order valence-electron chi connectivity index (χ0n) is 8.74. The van der Waals surface area contributed by atoms with E-state index in [0.29, 0.717) is 11.6 Å². The van der Waals surface area contributed by atoms with Crippen molar-refractivity contribution in [2.45, 2.75) is 31.6 Å². The lowest BCUT2D eigenvalue weighted by atomic mass is 10.0. The Labute approximate surface area is 98.4 Å². The highest BCUT2D eigenvalue weighted by atomic mass is 35.5. The van der Waals surface area contributed by atoms with Crippen molar-refractivity contribution in [2.24, 2.45) is 0 Å². The second kappa shape index (κ2) is 4.29. The summed E-state index contributed by atoms with van der Waals surface area (Å²) in [6.45, 7) is 0. The van der Waals surface area contributed by atoms with Gasteiger partial charge in [0.05, 0.1) is 16.9 Å². The second-order valence-corrected chi connectivity index (χ2v) is 4.45. The summed E-state index contributed by atoms with van der Waals surface area (Å²) in [6.07, 6.45) is 4.45. The second-order valence-electron chi connectivity index (χ2n) is 4.09. The molecule has 0 bridgehead atoms. The maximum atomic E-state index is 10.8. The van der Waals surface area contributed by atoms with E-state index in [4.69, 9.17) is 22.4 Å². The van der Waals surface area contributed by atoms with E-state index in [9.17, 15) is 4.79 Å². The number of rotatable bonds is 2. The van der Waals surface area contributed by atoms with E-state index in [-0.39, 0.29) is 10.7 Å². The van der Waals surface area contributed by atoms with E-state index in [1.807, 2.05) is 0 Å². The topological polar surface area (TPSA) is 76.2 Å². The summed E-state index contributed by atoms with van der Waals surface area (Å²) in [5.74, 6) is -0.762. The van der Waals surface area contributed by atoms with Crippen LogP contribution in [0.1, 0.15) is 47.7 Å². The summed E-state index contributed by atoms with van der Waals surface area (Å²) in [5, 5.41) is 8.90. The van der Waals surface area contributed by atoms with Gasteiger partial charge in [-0.25, -0.2) is 9.78 Å². The predicted octanol–water partition coefficient (Wildman–Crippen LogP) is 2.67. The number of nitrogen functional groups attached to an aromatic ring is 1. The molecule has 0 aromatic carbocycles. The van der Waals surface area contributed by atoms with Crippen LogP contribution < -0.4 is 5.73 Å². The first kappa shape index (κ1) is 11.2. The minimum Gasteiger partial charge on any atom is -0.478 e. The van der Waals surface area contributed by atoms with E-state index in [0.717, 1.165) is 18.5 Å². The van der Waals surface area contributed by atoms with Crippen LogP contribution >= 0.6 is 11.6 Å². The van der Waals surface area contributed by atoms with Crippen LogP contribution in [0.3, 0.4) is 0 Å². The first-order valence-electron chi connectivity index (χ1n) is 5.29. The van der Waals surface area contributed by atoms with Gasteiger partial charge in [-0.15, -0.1) is 0 Å². The standard InChI is InChI=1S/C11H13ClN2O2/c12-10-7(11(15)16)5-8(13)9(14-10)6-3-1-2-4-6/h5-6H,1-4,13H2,(H,15,16). The van der Waals surface area contributed by atoms with Gasteiger partial charge < -0.3 is 10.8 Å². The first-order valence-corrected chi connectivity index (χ1v) is 5.66. The van der Waals surface area contributed by atoms with Gasteiger partial charge in [-0.3, -0.25) is 0 Å². The number of carboxylic acid groups (broad SMARTS) is 1. The molecule has 0 amide bonds. The lowest BCUT2D eigenvalue weighted by molar-refractivity contribution is 0.0696. The SMILES string of the molecule is Nc1cc(C(=O)O)c(Cl)nc1C1CCCC1. The van der Waals surface area contributed by atoms with Gasteiger partial charge in [0.25, 0.3) is 0 Å². The van der Waals surface area contributed by atoms with Gasteiger partial charge in [-0.05, 0) is 18.9 Å². The molecular formula is C11H13ClN2O2. The number of anilines is 1. The third kappa shape index (κ3) is 1.97. The summed E-state index contributed by atoms with van der Waals surface area (Å²) in [6, 6.07) is 1.41. The fraction of sp³-hybridized carbons (Fsp3) is 0.455. The van der Waals surface area contributed by atoms with E-state index in [1.54, 1.807) is 0 Å². The van der Waals surface area contributed by atoms with Crippen LogP contribution in [0, 0.1) is 0 Å². The number of hydrogen-bond donors (Lipinski definition) is 2. The lowest BCUT2D eigenvalue weighted by Gasteiger charge is -2.12. The molecule has 1 aliphatic rings. The van der Waals surface area contributed by atoms with Crippen molar-refractivity contribution in [3.63, 3.8) is 0 Å². The molecule has 0 saturated heterocycles. The van der Waals surface area contributed by atoms with Crippen molar-refractivity contribution in [2.75, 3.05) is 5.73 Å². The monoisotopic (exact) mass is 240 g/mol. The van der Waals surface area contributed by atoms with Gasteiger partial charge >= 0.3 is 5.97 Å². The number of halogens is 1. The Hall–Kier alpha value is -1.29. The molecule has 0 radical (unpaired) electrons. The fourth-order valence-corrected chi connectivity index (χ4v) is 2.42. The van der Waals surface area contributed by atoms with E-state index in [2.05, 4.69) is 4.98 Å². The van der Waals surface area contributed by atoms with Crippen molar-refractivity contribution in [1.29, 1.82) is 0 Å². The van der Waals surface area contributed by atoms with Crippen molar-refractivity contribution in [3.05, 3.63) is 22.5 Å². The molecule has 0 atom stereocenters. The molecule has 86 valence electrons. The van der Waals surface area contributed by atoms with E-state index < -0.39 is 5.97 Å². The number of nitrogens with two attached hydrogens (primary N) is 1. The molecule has 1 aliphatic carbocycles. The Morgan fingerprint density at radius 1 is 1.50 bits per heavy atom. The van der Waals surface area contributed by atoms with Crippen molar-refractivity contribution >= 4 is 23.3 Å². The minimum atomic E-state index is -1.10. The quantitative estimate of drug-likeness (QED) is 0.780. The molecule has 0 spiro atoms. The summed E-state index contributed by atoms with van der Waals surface area (Å²) in [4.78, 5) is 15.0. The van der Waals surface area contributed by atoms with Gasteiger partial charge in [0, 0.05) is 5.92 Å². The number of pyridine rings is 1.